The monoisotopic (exact) mass is 494 g/mol. The van der Waals surface area contributed by atoms with Gasteiger partial charge in [0.25, 0.3) is 0 Å². The molecule has 1 heterocycles. The summed E-state index contributed by atoms with van der Waals surface area (Å²) in [4.78, 5) is 1.45. The number of sulfonamides is 1. The molecule has 0 saturated carbocycles. The smallest absolute Gasteiger partial charge is 0.242 e. The van der Waals surface area contributed by atoms with Gasteiger partial charge in [-0.3, -0.25) is 4.90 Å². The molecule has 1 unspecified atom stereocenters. The van der Waals surface area contributed by atoms with Gasteiger partial charge in [0.1, 0.15) is 10.7 Å². The number of benzene rings is 2. The Labute approximate surface area is 186 Å². The highest BCUT2D eigenvalue weighted by Crippen LogP contribution is 2.33. The van der Waals surface area contributed by atoms with E-state index in [9.17, 15) is 21.2 Å². The van der Waals surface area contributed by atoms with Crippen molar-refractivity contribution in [1.29, 1.82) is 0 Å². The molecule has 0 aliphatic carbocycles. The van der Waals surface area contributed by atoms with E-state index in [1.54, 1.807) is 6.07 Å². The molecule has 0 bridgehead atoms. The number of nitrogens with zero attached hydrogens (tertiary/aromatic N) is 1. The van der Waals surface area contributed by atoms with Crippen LogP contribution in [0.5, 0.6) is 0 Å². The number of nitrogens with one attached hydrogen (secondary N) is 1. The van der Waals surface area contributed by atoms with Crippen molar-refractivity contribution >= 4 is 43.1 Å². The van der Waals surface area contributed by atoms with Crippen LogP contribution < -0.4 is 4.72 Å². The highest BCUT2D eigenvalue weighted by molar-refractivity contribution is 7.91. The van der Waals surface area contributed by atoms with E-state index in [4.69, 9.17) is 23.2 Å². The first kappa shape index (κ1) is 23.4. The Morgan fingerprint density at radius 3 is 2.33 bits per heavy atom. The van der Waals surface area contributed by atoms with Crippen molar-refractivity contribution in [3.63, 3.8) is 0 Å². The second-order valence-corrected chi connectivity index (χ2v) is 11.7. The van der Waals surface area contributed by atoms with Gasteiger partial charge in [-0.1, -0.05) is 29.3 Å². The van der Waals surface area contributed by atoms with Crippen LogP contribution >= 0.6 is 23.2 Å². The molecule has 1 N–H and O–H groups in total. The lowest BCUT2D eigenvalue weighted by Gasteiger charge is -2.29. The van der Waals surface area contributed by atoms with Gasteiger partial charge in [-0.2, -0.15) is 0 Å². The summed E-state index contributed by atoms with van der Waals surface area (Å²) in [6, 6.07) is 7.19. The molecule has 30 heavy (non-hydrogen) atoms. The van der Waals surface area contributed by atoms with Crippen molar-refractivity contribution in [2.24, 2.45) is 0 Å². The first-order chi connectivity index (χ1) is 14.0. The van der Waals surface area contributed by atoms with Crippen molar-refractivity contribution in [3.05, 3.63) is 57.8 Å². The third-order valence-electron chi connectivity index (χ3n) is 5.00. The third kappa shape index (κ3) is 5.15. The lowest BCUT2D eigenvalue weighted by atomic mass is 10.0. The summed E-state index contributed by atoms with van der Waals surface area (Å²) in [6.07, 6.45) is 2.80. The van der Waals surface area contributed by atoms with Crippen LogP contribution in [0, 0.1) is 5.82 Å². The van der Waals surface area contributed by atoms with Gasteiger partial charge in [0.15, 0.2) is 9.84 Å². The number of rotatable bonds is 7. The Kier molecular flexibility index (Phi) is 7.11. The second kappa shape index (κ2) is 9.10. The highest BCUT2D eigenvalue weighted by atomic mass is 35.5. The van der Waals surface area contributed by atoms with Gasteiger partial charge in [-0.25, -0.2) is 25.9 Å². The van der Waals surface area contributed by atoms with Crippen molar-refractivity contribution in [1.82, 2.24) is 9.62 Å². The van der Waals surface area contributed by atoms with E-state index in [-0.39, 0.29) is 31.9 Å². The SMILES string of the molecule is CS(=O)(=O)c1ccc(Cl)c(S(=O)(=O)NCC(c2c(F)cccc2Cl)N2CCCC2)c1. The van der Waals surface area contributed by atoms with Gasteiger partial charge in [0, 0.05) is 23.4 Å². The van der Waals surface area contributed by atoms with Gasteiger partial charge >= 0.3 is 0 Å². The zero-order valence-corrected chi connectivity index (χ0v) is 19.3. The van der Waals surface area contributed by atoms with Gasteiger partial charge in [0.05, 0.1) is 16.0 Å². The molecular weight excluding hydrogens is 474 g/mol. The molecule has 1 saturated heterocycles. The molecule has 1 aliphatic heterocycles. The van der Waals surface area contributed by atoms with Crippen LogP contribution in [0.25, 0.3) is 0 Å². The lowest BCUT2D eigenvalue weighted by Crippen LogP contribution is -2.37. The molecule has 2 aromatic rings. The minimum Gasteiger partial charge on any atom is -0.295 e. The normalized spacial score (nSPS) is 16.7. The van der Waals surface area contributed by atoms with Crippen LogP contribution in [-0.4, -0.2) is 47.6 Å². The summed E-state index contributed by atoms with van der Waals surface area (Å²) < 4.78 is 66.5. The quantitative estimate of drug-likeness (QED) is 0.634. The Balaban J connectivity index is 1.94. The molecule has 11 heteroatoms. The van der Waals surface area contributed by atoms with Crippen LogP contribution in [-0.2, 0) is 19.9 Å². The number of hydrogen-bond acceptors (Lipinski definition) is 5. The molecular formula is C19H21Cl2FN2O4S2. The van der Waals surface area contributed by atoms with Crippen LogP contribution in [0.15, 0.2) is 46.2 Å². The molecule has 1 fully saturated rings. The largest absolute Gasteiger partial charge is 0.295 e. The Morgan fingerprint density at radius 2 is 1.73 bits per heavy atom. The van der Waals surface area contributed by atoms with Gasteiger partial charge in [0.2, 0.25) is 10.0 Å². The topological polar surface area (TPSA) is 83.5 Å². The van der Waals surface area contributed by atoms with Gasteiger partial charge < -0.3 is 0 Å². The fourth-order valence-electron chi connectivity index (χ4n) is 3.48. The van der Waals surface area contributed by atoms with E-state index in [0.29, 0.717) is 13.1 Å². The number of hydrogen-bond donors (Lipinski definition) is 1. The summed E-state index contributed by atoms with van der Waals surface area (Å²) >= 11 is 12.3. The van der Waals surface area contributed by atoms with Crippen LogP contribution in [0.2, 0.25) is 10.0 Å². The first-order valence-electron chi connectivity index (χ1n) is 9.18. The van der Waals surface area contributed by atoms with E-state index in [1.807, 2.05) is 4.90 Å². The molecule has 6 nitrogen and oxygen atoms in total. The summed E-state index contributed by atoms with van der Waals surface area (Å²) in [7, 11) is -7.80. The zero-order valence-electron chi connectivity index (χ0n) is 16.1. The zero-order chi connectivity index (χ0) is 22.1. The van der Waals surface area contributed by atoms with Gasteiger partial charge in [-0.05, 0) is 56.3 Å². The maximum atomic E-state index is 14.6. The fraction of sp³-hybridized carbons (Fsp3) is 0.368. The van der Waals surface area contributed by atoms with E-state index < -0.39 is 31.7 Å². The molecule has 3 rings (SSSR count). The molecule has 164 valence electrons. The van der Waals surface area contributed by atoms with Crippen LogP contribution in [0.1, 0.15) is 24.4 Å². The highest BCUT2D eigenvalue weighted by Gasteiger charge is 2.30. The molecule has 0 aromatic heterocycles. The molecule has 1 aliphatic rings. The van der Waals surface area contributed by atoms with Gasteiger partial charge in [-0.15, -0.1) is 0 Å². The Bertz CT molecular complexity index is 1130. The van der Waals surface area contributed by atoms with Crippen molar-refractivity contribution in [3.8, 4) is 0 Å². The first-order valence-corrected chi connectivity index (χ1v) is 13.3. The Hall–Kier alpha value is -1.23. The van der Waals surface area contributed by atoms with E-state index in [2.05, 4.69) is 4.72 Å². The maximum absolute atomic E-state index is 14.6. The fourth-order valence-corrected chi connectivity index (χ4v) is 6.06. The molecule has 0 amide bonds. The van der Waals surface area contributed by atoms with E-state index >= 15 is 0 Å². The average Bonchev–Trinajstić information content (AvgIpc) is 3.17. The molecule has 0 spiro atoms. The third-order valence-corrected chi connectivity index (χ3v) is 8.35. The van der Waals surface area contributed by atoms with Crippen LogP contribution in [0.3, 0.4) is 0 Å². The summed E-state index contributed by atoms with van der Waals surface area (Å²) in [5.74, 6) is -0.518. The molecule has 1 atom stereocenters. The number of sulfone groups is 1. The predicted molar refractivity (Wildman–Crippen MR) is 115 cm³/mol. The maximum Gasteiger partial charge on any atom is 0.242 e. The second-order valence-electron chi connectivity index (χ2n) is 7.11. The number of halogens is 3. The summed E-state index contributed by atoms with van der Waals surface area (Å²) in [5.41, 5.74) is 0.222. The van der Waals surface area contributed by atoms with Crippen LogP contribution in [0.4, 0.5) is 4.39 Å². The molecule has 2 aromatic carbocycles. The lowest BCUT2D eigenvalue weighted by molar-refractivity contribution is 0.241. The minimum atomic E-state index is -4.17. The summed E-state index contributed by atoms with van der Waals surface area (Å²) in [5, 5.41) is 0.0970. The van der Waals surface area contributed by atoms with E-state index in [1.165, 1.54) is 24.3 Å². The van der Waals surface area contributed by atoms with Crippen molar-refractivity contribution < 1.29 is 21.2 Å². The Morgan fingerprint density at radius 1 is 1.07 bits per heavy atom. The van der Waals surface area contributed by atoms with E-state index in [0.717, 1.165) is 25.2 Å². The number of likely N-dealkylation sites (tertiary alicyclic amines) is 1. The van der Waals surface area contributed by atoms with Crippen molar-refractivity contribution in [2.45, 2.75) is 28.7 Å². The summed E-state index contributed by atoms with van der Waals surface area (Å²) in [6.45, 7) is 1.21. The minimum absolute atomic E-state index is 0.114. The molecule has 0 radical (unpaired) electrons. The average molecular weight is 495 g/mol. The standard InChI is InChI=1S/C19H21Cl2FN2O4S2/c1-29(25,26)13-7-8-14(20)18(11-13)30(27,28)23-12-17(24-9-2-3-10-24)19-15(21)5-4-6-16(19)22/h4-8,11,17,23H,2-3,9-10,12H2,1H3. The van der Waals surface area contributed by atoms with Crippen molar-refractivity contribution in [2.75, 3.05) is 25.9 Å². The predicted octanol–water partition coefficient (Wildman–Crippen LogP) is 3.65.